The maximum absolute atomic E-state index is 4.81. The Hall–Kier alpha value is -2.82. The fourth-order valence-corrected chi connectivity index (χ4v) is 3.43. The van der Waals surface area contributed by atoms with E-state index in [-0.39, 0.29) is 0 Å². The lowest BCUT2D eigenvalue weighted by Gasteiger charge is -2.36. The van der Waals surface area contributed by atoms with Crippen molar-refractivity contribution >= 4 is 28.4 Å². The van der Waals surface area contributed by atoms with E-state index in [1.807, 2.05) is 12.1 Å². The summed E-state index contributed by atoms with van der Waals surface area (Å²) in [4.78, 5) is 14.3. The molecule has 5 heteroatoms. The second-order valence-corrected chi connectivity index (χ2v) is 6.73. The number of anilines is 3. The van der Waals surface area contributed by atoms with E-state index in [9.17, 15) is 0 Å². The Labute approximate surface area is 154 Å². The van der Waals surface area contributed by atoms with Crippen LogP contribution in [0.15, 0.2) is 48.5 Å². The third kappa shape index (κ3) is 3.29. The van der Waals surface area contributed by atoms with E-state index in [1.54, 1.807) is 0 Å². The van der Waals surface area contributed by atoms with Gasteiger partial charge in [0, 0.05) is 43.8 Å². The van der Waals surface area contributed by atoms with Gasteiger partial charge in [0.05, 0.1) is 5.52 Å². The van der Waals surface area contributed by atoms with Gasteiger partial charge in [0.25, 0.3) is 0 Å². The molecule has 1 aliphatic rings. The summed E-state index contributed by atoms with van der Waals surface area (Å²) in [5, 5.41) is 4.46. The molecule has 3 aromatic rings. The van der Waals surface area contributed by atoms with Crippen LogP contribution in [0.4, 0.5) is 17.5 Å². The Balaban J connectivity index is 1.54. The van der Waals surface area contributed by atoms with E-state index in [0.717, 1.165) is 55.4 Å². The molecule has 0 radical (unpaired) electrons. The third-order valence-electron chi connectivity index (χ3n) is 4.90. The third-order valence-corrected chi connectivity index (χ3v) is 4.90. The highest BCUT2D eigenvalue weighted by Gasteiger charge is 2.20. The first-order valence-electron chi connectivity index (χ1n) is 9.32. The van der Waals surface area contributed by atoms with Crippen molar-refractivity contribution in [3.63, 3.8) is 0 Å². The lowest BCUT2D eigenvalue weighted by Crippen LogP contribution is -2.47. The van der Waals surface area contributed by atoms with Crippen LogP contribution in [-0.2, 0) is 0 Å². The number of nitrogens with one attached hydrogen (secondary N) is 1. The molecular formula is C21H25N5. The van der Waals surface area contributed by atoms with Crippen LogP contribution in [-0.4, -0.2) is 42.7 Å². The first kappa shape index (κ1) is 16.6. The zero-order chi connectivity index (χ0) is 17.9. The SMILES string of the molecule is CCNc1nc(N2CCN(c3ccc(C)cc3)CC2)nc2ccccc12. The molecule has 1 fully saturated rings. The van der Waals surface area contributed by atoms with E-state index < -0.39 is 0 Å². The maximum atomic E-state index is 4.81. The molecule has 1 N–H and O–H groups in total. The van der Waals surface area contributed by atoms with Crippen molar-refractivity contribution in [2.45, 2.75) is 13.8 Å². The molecular weight excluding hydrogens is 322 g/mol. The topological polar surface area (TPSA) is 44.3 Å². The quantitative estimate of drug-likeness (QED) is 0.780. The molecule has 2 aromatic carbocycles. The van der Waals surface area contributed by atoms with Gasteiger partial charge in [-0.05, 0) is 38.1 Å². The van der Waals surface area contributed by atoms with Gasteiger partial charge in [0.15, 0.2) is 0 Å². The molecule has 1 aliphatic heterocycles. The number of aryl methyl sites for hydroxylation is 1. The summed E-state index contributed by atoms with van der Waals surface area (Å²) in [7, 11) is 0. The minimum absolute atomic E-state index is 0.822. The molecule has 134 valence electrons. The van der Waals surface area contributed by atoms with E-state index in [2.05, 4.69) is 65.4 Å². The average molecular weight is 347 g/mol. The van der Waals surface area contributed by atoms with E-state index in [4.69, 9.17) is 9.97 Å². The number of fused-ring (bicyclic) bond motifs is 1. The highest BCUT2D eigenvalue weighted by Crippen LogP contribution is 2.25. The van der Waals surface area contributed by atoms with Crippen LogP contribution in [0.5, 0.6) is 0 Å². The highest BCUT2D eigenvalue weighted by atomic mass is 15.3. The Kier molecular flexibility index (Phi) is 4.61. The van der Waals surface area contributed by atoms with E-state index in [1.165, 1.54) is 11.3 Å². The van der Waals surface area contributed by atoms with Crippen molar-refractivity contribution in [2.75, 3.05) is 47.8 Å². The zero-order valence-electron chi connectivity index (χ0n) is 15.4. The smallest absolute Gasteiger partial charge is 0.228 e. The van der Waals surface area contributed by atoms with Gasteiger partial charge in [0.1, 0.15) is 5.82 Å². The van der Waals surface area contributed by atoms with E-state index in [0.29, 0.717) is 0 Å². The highest BCUT2D eigenvalue weighted by molar-refractivity contribution is 5.90. The monoisotopic (exact) mass is 347 g/mol. The van der Waals surface area contributed by atoms with Crippen LogP contribution >= 0.6 is 0 Å². The molecule has 1 saturated heterocycles. The Bertz CT molecular complexity index is 883. The van der Waals surface area contributed by atoms with Crippen LogP contribution in [0, 0.1) is 6.92 Å². The molecule has 0 amide bonds. The zero-order valence-corrected chi connectivity index (χ0v) is 15.4. The van der Waals surface area contributed by atoms with Crippen molar-refractivity contribution in [3.8, 4) is 0 Å². The molecule has 2 heterocycles. The van der Waals surface area contributed by atoms with Crippen molar-refractivity contribution in [1.82, 2.24) is 9.97 Å². The number of rotatable bonds is 4. The number of para-hydroxylation sites is 1. The van der Waals surface area contributed by atoms with Gasteiger partial charge in [-0.3, -0.25) is 0 Å². The van der Waals surface area contributed by atoms with Crippen molar-refractivity contribution in [3.05, 3.63) is 54.1 Å². The van der Waals surface area contributed by atoms with Gasteiger partial charge in [-0.1, -0.05) is 29.8 Å². The van der Waals surface area contributed by atoms with Crippen LogP contribution in [0.1, 0.15) is 12.5 Å². The molecule has 1 aromatic heterocycles. The Morgan fingerprint density at radius 3 is 2.31 bits per heavy atom. The number of piperazine rings is 1. The molecule has 26 heavy (non-hydrogen) atoms. The molecule has 0 unspecified atom stereocenters. The number of hydrogen-bond acceptors (Lipinski definition) is 5. The standard InChI is InChI=1S/C21H25N5/c1-3-22-20-18-6-4-5-7-19(18)23-21(24-20)26-14-12-25(13-15-26)17-10-8-16(2)9-11-17/h4-11H,3,12-15H2,1-2H3,(H,22,23,24). The molecule has 0 spiro atoms. The average Bonchev–Trinajstić information content (AvgIpc) is 2.69. The van der Waals surface area contributed by atoms with Crippen LogP contribution in [0.3, 0.4) is 0 Å². The van der Waals surface area contributed by atoms with Gasteiger partial charge in [-0.25, -0.2) is 4.98 Å². The Morgan fingerprint density at radius 1 is 0.885 bits per heavy atom. The summed E-state index contributed by atoms with van der Waals surface area (Å²) >= 11 is 0. The minimum atomic E-state index is 0.822. The summed E-state index contributed by atoms with van der Waals surface area (Å²) < 4.78 is 0. The summed E-state index contributed by atoms with van der Waals surface area (Å²) in [6, 6.07) is 17.0. The van der Waals surface area contributed by atoms with Gasteiger partial charge in [-0.15, -0.1) is 0 Å². The van der Waals surface area contributed by atoms with Gasteiger partial charge < -0.3 is 15.1 Å². The summed E-state index contributed by atoms with van der Waals surface area (Å²) in [5.41, 5.74) is 3.59. The van der Waals surface area contributed by atoms with Crippen molar-refractivity contribution in [2.24, 2.45) is 0 Å². The number of benzene rings is 2. The lowest BCUT2D eigenvalue weighted by molar-refractivity contribution is 0.641. The summed E-state index contributed by atoms with van der Waals surface area (Å²) in [6.07, 6.45) is 0. The lowest BCUT2D eigenvalue weighted by atomic mass is 10.2. The Morgan fingerprint density at radius 2 is 1.58 bits per heavy atom. The summed E-state index contributed by atoms with van der Waals surface area (Å²) in [5.74, 6) is 1.75. The van der Waals surface area contributed by atoms with Crippen LogP contribution in [0.25, 0.3) is 10.9 Å². The predicted octanol–water partition coefficient (Wildman–Crippen LogP) is 3.70. The normalized spacial score (nSPS) is 14.7. The molecule has 0 aliphatic carbocycles. The molecule has 0 saturated carbocycles. The van der Waals surface area contributed by atoms with Crippen LogP contribution < -0.4 is 15.1 Å². The van der Waals surface area contributed by atoms with E-state index >= 15 is 0 Å². The predicted molar refractivity (Wildman–Crippen MR) is 109 cm³/mol. The maximum Gasteiger partial charge on any atom is 0.228 e. The molecule has 5 nitrogen and oxygen atoms in total. The summed E-state index contributed by atoms with van der Waals surface area (Å²) in [6.45, 7) is 8.89. The second-order valence-electron chi connectivity index (χ2n) is 6.73. The number of hydrogen-bond donors (Lipinski definition) is 1. The minimum Gasteiger partial charge on any atom is -0.370 e. The number of aromatic nitrogens is 2. The van der Waals surface area contributed by atoms with Gasteiger partial charge in [-0.2, -0.15) is 4.98 Å². The second kappa shape index (κ2) is 7.20. The fraction of sp³-hybridized carbons (Fsp3) is 0.333. The van der Waals surface area contributed by atoms with Gasteiger partial charge in [0.2, 0.25) is 5.95 Å². The first-order valence-corrected chi connectivity index (χ1v) is 9.32. The molecule has 0 bridgehead atoms. The number of nitrogens with zero attached hydrogens (tertiary/aromatic N) is 4. The molecule has 0 atom stereocenters. The van der Waals surface area contributed by atoms with Crippen LogP contribution in [0.2, 0.25) is 0 Å². The van der Waals surface area contributed by atoms with Crippen molar-refractivity contribution in [1.29, 1.82) is 0 Å². The first-order chi connectivity index (χ1) is 12.7. The largest absolute Gasteiger partial charge is 0.370 e. The van der Waals surface area contributed by atoms with Gasteiger partial charge >= 0.3 is 0 Å². The van der Waals surface area contributed by atoms with Crippen molar-refractivity contribution < 1.29 is 0 Å². The molecule has 4 rings (SSSR count). The fourth-order valence-electron chi connectivity index (χ4n) is 3.43.